The largest absolute Gasteiger partial charge is 0.357 e. The number of hydrogen-bond acceptors (Lipinski definition) is 4. The normalized spacial score (nSPS) is 12.0. The molecule has 0 unspecified atom stereocenters. The van der Waals surface area contributed by atoms with Crippen LogP contribution in [-0.4, -0.2) is 44.8 Å². The van der Waals surface area contributed by atoms with Crippen molar-refractivity contribution in [2.75, 3.05) is 17.9 Å². The quantitative estimate of drug-likeness (QED) is 0.370. The molecule has 0 spiro atoms. The number of nitrogens with one attached hydrogen (secondary N) is 1. The Hall–Kier alpha value is -3.17. The number of anilines is 1. The zero-order chi connectivity index (χ0) is 27.2. The average molecular weight is 587 g/mol. The summed E-state index contributed by atoms with van der Waals surface area (Å²) in [6.45, 7) is 5.37. The number of likely N-dealkylation sites (N-methyl/N-ethyl adjacent to an activating group) is 1. The number of benzene rings is 3. The fraction of sp³-hybridized carbons (Fsp3) is 0.286. The number of hydrogen-bond donors (Lipinski definition) is 1. The Morgan fingerprint density at radius 1 is 0.946 bits per heavy atom. The third-order valence-corrected chi connectivity index (χ3v) is 8.37. The maximum absolute atomic E-state index is 13.9. The van der Waals surface area contributed by atoms with Gasteiger partial charge in [-0.05, 0) is 56.2 Å². The first-order chi connectivity index (χ1) is 17.6. The second kappa shape index (κ2) is 12.4. The first kappa shape index (κ1) is 28.4. The molecule has 0 saturated carbocycles. The van der Waals surface area contributed by atoms with Crippen molar-refractivity contribution in [3.63, 3.8) is 0 Å². The molecule has 0 bridgehead atoms. The molecule has 0 aromatic heterocycles. The smallest absolute Gasteiger partial charge is 0.264 e. The molecule has 0 aliphatic heterocycles. The highest BCUT2D eigenvalue weighted by molar-refractivity contribution is 9.10. The van der Waals surface area contributed by atoms with Crippen LogP contribution in [0.15, 0.2) is 82.2 Å². The molecule has 196 valence electrons. The monoisotopic (exact) mass is 585 g/mol. The van der Waals surface area contributed by atoms with Crippen molar-refractivity contribution in [1.29, 1.82) is 0 Å². The van der Waals surface area contributed by atoms with Crippen molar-refractivity contribution in [2.45, 2.75) is 44.7 Å². The van der Waals surface area contributed by atoms with Crippen molar-refractivity contribution < 1.29 is 18.0 Å². The van der Waals surface area contributed by atoms with Gasteiger partial charge in [-0.3, -0.25) is 13.9 Å². The summed E-state index contributed by atoms with van der Waals surface area (Å²) in [7, 11) is -2.57. The van der Waals surface area contributed by atoms with Gasteiger partial charge in [-0.1, -0.05) is 76.4 Å². The Kier molecular flexibility index (Phi) is 9.50. The van der Waals surface area contributed by atoms with Crippen molar-refractivity contribution in [3.8, 4) is 0 Å². The van der Waals surface area contributed by atoms with Crippen molar-refractivity contribution in [2.24, 2.45) is 0 Å². The van der Waals surface area contributed by atoms with Crippen LogP contribution in [0.3, 0.4) is 0 Å². The molecule has 0 heterocycles. The molecule has 3 aromatic rings. The van der Waals surface area contributed by atoms with Gasteiger partial charge in [-0.2, -0.15) is 0 Å². The van der Waals surface area contributed by atoms with Gasteiger partial charge in [0, 0.05) is 18.1 Å². The molecule has 3 rings (SSSR count). The molecule has 0 fully saturated rings. The number of nitrogens with zero attached hydrogens (tertiary/aromatic N) is 2. The molecule has 3 aromatic carbocycles. The minimum atomic E-state index is -4.09. The van der Waals surface area contributed by atoms with E-state index in [-0.39, 0.29) is 17.3 Å². The van der Waals surface area contributed by atoms with Crippen LogP contribution in [0, 0.1) is 13.8 Å². The van der Waals surface area contributed by atoms with Gasteiger partial charge in [-0.15, -0.1) is 0 Å². The van der Waals surface area contributed by atoms with Gasteiger partial charge < -0.3 is 10.2 Å². The Bertz CT molecular complexity index is 1340. The molecule has 0 saturated heterocycles. The number of sulfonamides is 1. The molecule has 7 nitrogen and oxygen atoms in total. The summed E-state index contributed by atoms with van der Waals surface area (Å²) < 4.78 is 29.4. The van der Waals surface area contributed by atoms with E-state index in [0.29, 0.717) is 16.6 Å². The molecule has 37 heavy (non-hydrogen) atoms. The lowest BCUT2D eigenvalue weighted by molar-refractivity contribution is -0.140. The van der Waals surface area contributed by atoms with Gasteiger partial charge in [0.25, 0.3) is 10.0 Å². The zero-order valence-electron chi connectivity index (χ0n) is 21.4. The van der Waals surface area contributed by atoms with Crippen LogP contribution in [-0.2, 0) is 26.2 Å². The van der Waals surface area contributed by atoms with Crippen molar-refractivity contribution in [3.05, 3.63) is 94.0 Å². The average Bonchev–Trinajstić information content (AvgIpc) is 2.88. The number of carbonyl (C=O) groups excluding carboxylic acids is 2. The van der Waals surface area contributed by atoms with Crippen LogP contribution in [0.25, 0.3) is 0 Å². The highest BCUT2D eigenvalue weighted by Crippen LogP contribution is 2.27. The fourth-order valence-electron chi connectivity index (χ4n) is 3.97. The highest BCUT2D eigenvalue weighted by atomic mass is 79.9. The van der Waals surface area contributed by atoms with Crippen LogP contribution in [0.4, 0.5) is 5.69 Å². The number of aryl methyl sites for hydroxylation is 2. The summed E-state index contributed by atoms with van der Waals surface area (Å²) in [5.74, 6) is -0.787. The van der Waals surface area contributed by atoms with Crippen molar-refractivity contribution >= 4 is 43.5 Å². The summed E-state index contributed by atoms with van der Waals surface area (Å²) in [4.78, 5) is 28.1. The van der Waals surface area contributed by atoms with E-state index in [1.54, 1.807) is 36.4 Å². The lowest BCUT2D eigenvalue weighted by Crippen LogP contribution is -2.51. The van der Waals surface area contributed by atoms with E-state index in [9.17, 15) is 18.0 Å². The predicted molar refractivity (Wildman–Crippen MR) is 150 cm³/mol. The van der Waals surface area contributed by atoms with Crippen LogP contribution in [0.2, 0.25) is 0 Å². The second-order valence-electron chi connectivity index (χ2n) is 8.85. The number of carbonyl (C=O) groups is 2. The van der Waals surface area contributed by atoms with Gasteiger partial charge in [0.15, 0.2) is 0 Å². The number of rotatable bonds is 10. The fourth-order valence-corrected chi connectivity index (χ4v) is 5.77. The van der Waals surface area contributed by atoms with E-state index in [4.69, 9.17) is 0 Å². The molecule has 0 radical (unpaired) electrons. The van der Waals surface area contributed by atoms with Crippen LogP contribution >= 0.6 is 15.9 Å². The first-order valence-electron chi connectivity index (χ1n) is 12.0. The van der Waals surface area contributed by atoms with Gasteiger partial charge in [-0.25, -0.2) is 8.42 Å². The van der Waals surface area contributed by atoms with Crippen LogP contribution in [0.5, 0.6) is 0 Å². The molecule has 0 aliphatic carbocycles. The van der Waals surface area contributed by atoms with Crippen molar-refractivity contribution in [1.82, 2.24) is 10.2 Å². The Balaban J connectivity index is 2.05. The minimum absolute atomic E-state index is 0.0781. The first-order valence-corrected chi connectivity index (χ1v) is 14.2. The minimum Gasteiger partial charge on any atom is -0.357 e. The van der Waals surface area contributed by atoms with Gasteiger partial charge in [0.1, 0.15) is 12.6 Å². The summed E-state index contributed by atoms with van der Waals surface area (Å²) in [6, 6.07) is 20.2. The molecular formula is C28H32BrN3O4S. The van der Waals surface area contributed by atoms with E-state index in [2.05, 4.69) is 21.2 Å². The van der Waals surface area contributed by atoms with E-state index in [1.165, 1.54) is 24.1 Å². The number of amides is 2. The molecule has 1 N–H and O–H groups in total. The van der Waals surface area contributed by atoms with E-state index >= 15 is 0 Å². The molecule has 1 atom stereocenters. The standard InChI is InChI=1S/C28H32BrN3O4S/c1-5-26(28(34)30-4)31(18-22-13-9-20(2)10-14-22)27(33)19-32(24-8-6-7-23(29)17-24)37(35,36)25-15-11-21(3)12-16-25/h6-17,26H,5,18-19H2,1-4H3,(H,30,34)/t26-/m1/s1. The SMILES string of the molecule is CC[C@H](C(=O)NC)N(Cc1ccc(C)cc1)C(=O)CN(c1cccc(Br)c1)S(=O)(=O)c1ccc(C)cc1. The third kappa shape index (κ3) is 6.99. The van der Waals surface area contributed by atoms with Crippen LogP contribution in [0.1, 0.15) is 30.0 Å². The third-order valence-electron chi connectivity index (χ3n) is 6.09. The highest BCUT2D eigenvalue weighted by Gasteiger charge is 2.33. The molecular weight excluding hydrogens is 554 g/mol. The lowest BCUT2D eigenvalue weighted by atomic mass is 10.1. The summed E-state index contributed by atoms with van der Waals surface area (Å²) in [5, 5.41) is 2.63. The molecule has 0 aliphatic rings. The van der Waals surface area contributed by atoms with E-state index < -0.39 is 28.5 Å². The Labute approximate surface area is 227 Å². The van der Waals surface area contributed by atoms with Gasteiger partial charge >= 0.3 is 0 Å². The topological polar surface area (TPSA) is 86.8 Å². The predicted octanol–water partition coefficient (Wildman–Crippen LogP) is 4.81. The molecule has 2 amide bonds. The summed E-state index contributed by atoms with van der Waals surface area (Å²) in [6.07, 6.45) is 0.374. The lowest BCUT2D eigenvalue weighted by Gasteiger charge is -2.33. The van der Waals surface area contributed by atoms with Gasteiger partial charge in [0.2, 0.25) is 11.8 Å². The number of halogens is 1. The Morgan fingerprint density at radius 3 is 2.08 bits per heavy atom. The molecule has 9 heteroatoms. The maximum Gasteiger partial charge on any atom is 0.264 e. The summed E-state index contributed by atoms with van der Waals surface area (Å²) >= 11 is 3.40. The van der Waals surface area contributed by atoms with E-state index in [1.807, 2.05) is 45.0 Å². The second-order valence-corrected chi connectivity index (χ2v) is 11.6. The van der Waals surface area contributed by atoms with Gasteiger partial charge in [0.05, 0.1) is 10.6 Å². The van der Waals surface area contributed by atoms with E-state index in [0.717, 1.165) is 21.0 Å². The maximum atomic E-state index is 13.9. The van der Waals surface area contributed by atoms with Crippen LogP contribution < -0.4 is 9.62 Å². The Morgan fingerprint density at radius 2 is 1.54 bits per heavy atom. The zero-order valence-corrected chi connectivity index (χ0v) is 23.8. The summed E-state index contributed by atoms with van der Waals surface area (Å²) in [5.41, 5.74) is 3.18.